The first kappa shape index (κ1) is 16.2. The van der Waals surface area contributed by atoms with Crippen LogP contribution in [0.5, 0.6) is 0 Å². The number of hydrogen-bond donors (Lipinski definition) is 1. The number of anilines is 1. The molecule has 3 heterocycles. The van der Waals surface area contributed by atoms with Crippen molar-refractivity contribution in [2.24, 2.45) is 0 Å². The lowest BCUT2D eigenvalue weighted by molar-refractivity contribution is 0.377. The molecule has 1 aromatic rings. The molecule has 4 nitrogen and oxygen atoms in total. The third kappa shape index (κ3) is 3.15. The number of nitrogen functional groups attached to an aromatic ring is 1. The Bertz CT molecular complexity index is 761. The highest BCUT2D eigenvalue weighted by Crippen LogP contribution is 2.55. The van der Waals surface area contributed by atoms with Crippen molar-refractivity contribution >= 4 is 57.8 Å². The number of aromatic nitrogens is 2. The fourth-order valence-electron chi connectivity index (χ4n) is 1.90. The van der Waals surface area contributed by atoms with Crippen molar-refractivity contribution in [2.75, 3.05) is 5.73 Å². The molecular weight excluding hydrogens is 354 g/mol. The Morgan fingerprint density at radius 3 is 2.45 bits per heavy atom. The van der Waals surface area contributed by atoms with Crippen LogP contribution in [-0.4, -0.2) is 9.55 Å². The van der Waals surface area contributed by atoms with Gasteiger partial charge >= 0.3 is 5.69 Å². The molecule has 0 fully saturated rings. The Balaban J connectivity index is 1.96. The zero-order chi connectivity index (χ0) is 15.9. The van der Waals surface area contributed by atoms with Crippen LogP contribution in [0.4, 0.5) is 5.82 Å². The molecule has 0 aromatic carbocycles. The van der Waals surface area contributed by atoms with Crippen LogP contribution in [0.2, 0.25) is 0 Å². The van der Waals surface area contributed by atoms with Crippen molar-refractivity contribution in [3.63, 3.8) is 0 Å². The van der Waals surface area contributed by atoms with Crippen LogP contribution in [-0.2, 0) is 5.54 Å². The van der Waals surface area contributed by atoms with E-state index in [1.54, 1.807) is 51.6 Å². The molecule has 0 unspecified atom stereocenters. The molecule has 0 saturated heterocycles. The third-order valence-corrected chi connectivity index (χ3v) is 8.05. The van der Waals surface area contributed by atoms with Crippen molar-refractivity contribution in [3.05, 3.63) is 46.9 Å². The van der Waals surface area contributed by atoms with E-state index >= 15 is 0 Å². The Labute approximate surface area is 146 Å². The van der Waals surface area contributed by atoms with E-state index in [9.17, 15) is 4.79 Å². The van der Waals surface area contributed by atoms with Crippen molar-refractivity contribution < 1.29 is 0 Å². The minimum absolute atomic E-state index is 0.293. The summed E-state index contributed by atoms with van der Waals surface area (Å²) in [6, 6.07) is 0. The summed E-state index contributed by atoms with van der Waals surface area (Å²) in [5, 5.41) is 6.25. The fraction of sp³-hybridized carbons (Fsp3) is 0.286. The fourth-order valence-corrected chi connectivity index (χ4v) is 6.39. The summed E-state index contributed by atoms with van der Waals surface area (Å²) < 4.78 is 4.18. The molecule has 2 aliphatic rings. The van der Waals surface area contributed by atoms with Gasteiger partial charge in [0.2, 0.25) is 0 Å². The molecule has 0 spiro atoms. The number of rotatable bonds is 1. The molecule has 0 atom stereocenters. The molecule has 0 radical (unpaired) electrons. The van der Waals surface area contributed by atoms with E-state index < -0.39 is 0 Å². The van der Waals surface area contributed by atoms with Gasteiger partial charge in [-0.05, 0) is 37.0 Å². The molecule has 2 aliphatic heterocycles. The lowest BCUT2D eigenvalue weighted by Crippen LogP contribution is -2.35. The van der Waals surface area contributed by atoms with E-state index in [0.717, 1.165) is 10.5 Å². The highest BCUT2D eigenvalue weighted by atomic mass is 32.2. The summed E-state index contributed by atoms with van der Waals surface area (Å²) in [7, 11) is 0. The molecular formula is C14H15N3OS4. The molecule has 0 bridgehead atoms. The molecule has 3 rings (SSSR count). The summed E-state index contributed by atoms with van der Waals surface area (Å²) in [4.78, 5) is 17.1. The lowest BCUT2D eigenvalue weighted by Gasteiger charge is -2.22. The van der Waals surface area contributed by atoms with Crippen LogP contribution in [0, 0.1) is 0 Å². The third-order valence-electron chi connectivity index (χ3n) is 2.99. The van der Waals surface area contributed by atoms with Gasteiger partial charge in [0.05, 0.1) is 8.47 Å². The summed E-state index contributed by atoms with van der Waals surface area (Å²) in [6.07, 6.45) is 1.82. The number of nitrogens with zero attached hydrogens (tertiary/aromatic N) is 2. The van der Waals surface area contributed by atoms with Gasteiger partial charge < -0.3 is 5.73 Å². The summed E-state index contributed by atoms with van der Waals surface area (Å²) in [5.74, 6) is 0.293. The van der Waals surface area contributed by atoms with Crippen molar-refractivity contribution in [1.82, 2.24) is 9.55 Å². The Morgan fingerprint density at radius 1 is 1.14 bits per heavy atom. The quantitative estimate of drug-likeness (QED) is 0.785. The van der Waals surface area contributed by atoms with E-state index in [1.165, 1.54) is 8.47 Å². The maximum absolute atomic E-state index is 12.0. The summed E-state index contributed by atoms with van der Waals surface area (Å²) >= 11 is 6.86. The summed E-state index contributed by atoms with van der Waals surface area (Å²) in [6.45, 7) is 5.93. The van der Waals surface area contributed by atoms with Gasteiger partial charge in [-0.2, -0.15) is 4.98 Å². The number of hydrogen-bond acceptors (Lipinski definition) is 7. The van der Waals surface area contributed by atoms with Crippen LogP contribution < -0.4 is 11.4 Å². The standard InChI is InChI=1S/C14H15N3OS4/c1-14(2,3)17-6-8(10(15)16-13(17)18)9-7-21-12(22-9)11-19-4-5-20-11/h4-7H,1-3H3,(H2,15,16,18). The molecule has 22 heavy (non-hydrogen) atoms. The topological polar surface area (TPSA) is 60.9 Å². The van der Waals surface area contributed by atoms with Gasteiger partial charge in [-0.15, -0.1) is 0 Å². The maximum atomic E-state index is 12.0. The van der Waals surface area contributed by atoms with Crippen molar-refractivity contribution in [1.29, 1.82) is 0 Å². The highest BCUT2D eigenvalue weighted by molar-refractivity contribution is 8.35. The largest absolute Gasteiger partial charge is 0.383 e. The van der Waals surface area contributed by atoms with E-state index in [4.69, 9.17) is 5.73 Å². The van der Waals surface area contributed by atoms with E-state index in [-0.39, 0.29) is 11.2 Å². The molecule has 0 saturated carbocycles. The molecule has 1 aromatic heterocycles. The zero-order valence-corrected chi connectivity index (χ0v) is 15.6. The van der Waals surface area contributed by atoms with Gasteiger partial charge in [-0.1, -0.05) is 47.0 Å². The Hall–Kier alpha value is -0.700. The van der Waals surface area contributed by atoms with Crippen LogP contribution in [0.3, 0.4) is 0 Å². The maximum Gasteiger partial charge on any atom is 0.350 e. The van der Waals surface area contributed by atoms with Gasteiger partial charge in [-0.25, -0.2) is 4.79 Å². The predicted molar refractivity (Wildman–Crippen MR) is 102 cm³/mol. The first-order valence-electron chi connectivity index (χ1n) is 6.53. The Morgan fingerprint density at radius 2 is 1.82 bits per heavy atom. The van der Waals surface area contributed by atoms with E-state index in [0.29, 0.717) is 5.82 Å². The highest BCUT2D eigenvalue weighted by Gasteiger charge is 2.24. The lowest BCUT2D eigenvalue weighted by atomic mass is 10.1. The number of nitrogens with two attached hydrogens (primary N) is 1. The van der Waals surface area contributed by atoms with Gasteiger partial charge in [0.15, 0.2) is 0 Å². The molecule has 2 N–H and O–H groups in total. The van der Waals surface area contributed by atoms with Crippen LogP contribution >= 0.6 is 47.0 Å². The van der Waals surface area contributed by atoms with Gasteiger partial charge in [0.25, 0.3) is 0 Å². The van der Waals surface area contributed by atoms with Crippen LogP contribution in [0.1, 0.15) is 26.3 Å². The van der Waals surface area contributed by atoms with Crippen LogP contribution in [0.25, 0.3) is 4.91 Å². The van der Waals surface area contributed by atoms with Crippen molar-refractivity contribution in [2.45, 2.75) is 26.3 Å². The summed E-state index contributed by atoms with van der Waals surface area (Å²) in [5.41, 5.74) is 6.17. The van der Waals surface area contributed by atoms with Crippen molar-refractivity contribution in [3.8, 4) is 0 Å². The second-order valence-electron chi connectivity index (χ2n) is 5.65. The predicted octanol–water partition coefficient (Wildman–Crippen LogP) is 4.44. The SMILES string of the molecule is CC(C)(C)n1cc(C2=CSC(=C3SC=CS3)S2)c(N)nc1=O. The zero-order valence-electron chi connectivity index (χ0n) is 12.3. The number of thioether (sulfide) groups is 4. The monoisotopic (exact) mass is 369 g/mol. The molecule has 116 valence electrons. The first-order valence-corrected chi connectivity index (χ1v) is 9.99. The minimum Gasteiger partial charge on any atom is -0.383 e. The smallest absolute Gasteiger partial charge is 0.350 e. The van der Waals surface area contributed by atoms with E-state index in [1.807, 2.05) is 27.0 Å². The molecule has 8 heteroatoms. The van der Waals surface area contributed by atoms with E-state index in [2.05, 4.69) is 21.2 Å². The van der Waals surface area contributed by atoms with Gasteiger partial charge in [-0.3, -0.25) is 4.57 Å². The first-order chi connectivity index (χ1) is 10.4. The second kappa shape index (κ2) is 6.07. The average molecular weight is 370 g/mol. The normalized spacial score (nSPS) is 18.2. The molecule has 0 aliphatic carbocycles. The average Bonchev–Trinajstić information content (AvgIpc) is 3.08. The molecule has 0 amide bonds. The Kier molecular flexibility index (Phi) is 4.46. The van der Waals surface area contributed by atoms with Gasteiger partial charge in [0, 0.05) is 22.2 Å². The second-order valence-corrected chi connectivity index (χ2v) is 9.93. The minimum atomic E-state index is -0.328. The van der Waals surface area contributed by atoms with Gasteiger partial charge in [0.1, 0.15) is 5.82 Å². The van der Waals surface area contributed by atoms with Crippen LogP contribution in [0.15, 0.2) is 35.7 Å².